The Morgan fingerprint density at radius 1 is 1.02 bits per heavy atom. The maximum absolute atomic E-state index is 12.4. The summed E-state index contributed by atoms with van der Waals surface area (Å²) >= 11 is 8.81. The van der Waals surface area contributed by atoms with Crippen molar-refractivity contribution in [2.75, 3.05) is 32.0 Å². The molecule has 242 valence electrons. The van der Waals surface area contributed by atoms with Gasteiger partial charge in [0, 0.05) is 46.8 Å². The lowest BCUT2D eigenvalue weighted by molar-refractivity contribution is -0.147. The van der Waals surface area contributed by atoms with E-state index in [4.69, 9.17) is 43.3 Å². The van der Waals surface area contributed by atoms with E-state index in [-0.39, 0.29) is 43.0 Å². The van der Waals surface area contributed by atoms with Crippen LogP contribution >= 0.6 is 34.7 Å². The Hall–Kier alpha value is -4.70. The summed E-state index contributed by atoms with van der Waals surface area (Å²) in [5, 5.41) is 26.8. The Balaban J connectivity index is 1.42. The predicted octanol–water partition coefficient (Wildman–Crippen LogP) is 4.25. The molecule has 15 heteroatoms. The van der Waals surface area contributed by atoms with E-state index in [0.717, 1.165) is 16.3 Å². The Kier molecular flexibility index (Phi) is 12.9. The molecule has 4 aromatic rings. The number of thiazole rings is 1. The zero-order chi connectivity index (χ0) is 33.8. The lowest BCUT2D eigenvalue weighted by atomic mass is 9.97. The van der Waals surface area contributed by atoms with Gasteiger partial charge in [0.15, 0.2) is 0 Å². The van der Waals surface area contributed by atoms with Crippen LogP contribution in [0.3, 0.4) is 0 Å². The SMILES string of the molecule is N#Cc1c(N)nc(SCc2csc(-c3ccc(Cl)cc3)n2)c(C#N)c1-c1ccc(OCCOC(=O)[C@H](CCC(N)=O)NCCN)cc1. The number of aromatic nitrogens is 2. The number of thioether (sulfide) groups is 1. The van der Waals surface area contributed by atoms with Crippen LogP contribution in [0.2, 0.25) is 5.02 Å². The molecule has 2 aromatic heterocycles. The highest BCUT2D eigenvalue weighted by atomic mass is 35.5. The molecule has 0 aliphatic carbocycles. The number of hydrogen-bond acceptors (Lipinski definition) is 13. The fraction of sp³-hybridized carbons (Fsp3) is 0.250. The summed E-state index contributed by atoms with van der Waals surface area (Å²) in [4.78, 5) is 32.6. The van der Waals surface area contributed by atoms with Crippen molar-refractivity contribution >= 4 is 52.4 Å². The minimum Gasteiger partial charge on any atom is -0.490 e. The van der Waals surface area contributed by atoms with Crippen molar-refractivity contribution in [3.05, 3.63) is 75.8 Å². The first-order valence-electron chi connectivity index (χ1n) is 14.3. The summed E-state index contributed by atoms with van der Waals surface area (Å²) in [5.41, 5.74) is 19.9. The zero-order valence-electron chi connectivity index (χ0n) is 25.1. The van der Waals surface area contributed by atoms with Gasteiger partial charge in [-0.15, -0.1) is 11.3 Å². The molecule has 0 bridgehead atoms. The molecule has 0 radical (unpaired) electrons. The summed E-state index contributed by atoms with van der Waals surface area (Å²) in [5.74, 6) is -0.126. The largest absolute Gasteiger partial charge is 0.490 e. The van der Waals surface area contributed by atoms with E-state index < -0.39 is 17.9 Å². The number of nitrogens with two attached hydrogens (primary N) is 3. The molecule has 4 rings (SSSR count). The Morgan fingerprint density at radius 2 is 1.72 bits per heavy atom. The number of benzene rings is 2. The monoisotopic (exact) mass is 690 g/mol. The van der Waals surface area contributed by atoms with Gasteiger partial charge in [0.25, 0.3) is 0 Å². The summed E-state index contributed by atoms with van der Waals surface area (Å²) in [7, 11) is 0. The lowest BCUT2D eigenvalue weighted by Gasteiger charge is -2.17. The van der Waals surface area contributed by atoms with Crippen LogP contribution in [0.15, 0.2) is 58.9 Å². The third kappa shape index (κ3) is 9.65. The first-order chi connectivity index (χ1) is 22.7. The van der Waals surface area contributed by atoms with Gasteiger partial charge in [-0.05, 0) is 36.2 Å². The van der Waals surface area contributed by atoms with Crippen LogP contribution in [0.25, 0.3) is 21.7 Å². The number of pyridine rings is 1. The van der Waals surface area contributed by atoms with Gasteiger partial charge in [0.2, 0.25) is 5.91 Å². The van der Waals surface area contributed by atoms with E-state index in [1.54, 1.807) is 24.3 Å². The quantitative estimate of drug-likeness (QED) is 0.0737. The molecular weight excluding hydrogens is 660 g/mol. The normalized spacial score (nSPS) is 11.3. The standard InChI is InChI=1S/C32H31ClN8O4S2/c33-21-5-1-20(2-6-21)30-40-22(17-46-30)18-47-31-25(16-36)28(24(15-35)29(38)41-31)19-3-7-23(8-4-19)44-13-14-45-32(43)26(39-12-11-34)9-10-27(37)42/h1-8,17,26,39H,9-14,18,34H2,(H2,37,42)(H2,38,41)/t26-/m0/s1. The van der Waals surface area contributed by atoms with Crippen LogP contribution in [0, 0.1) is 22.7 Å². The van der Waals surface area contributed by atoms with E-state index in [1.807, 2.05) is 29.6 Å². The van der Waals surface area contributed by atoms with Gasteiger partial charge in [0.05, 0.1) is 11.3 Å². The summed E-state index contributed by atoms with van der Waals surface area (Å²) in [6.07, 6.45) is 0.226. The minimum absolute atomic E-state index is 0.0151. The second-order valence-electron chi connectivity index (χ2n) is 9.93. The van der Waals surface area contributed by atoms with E-state index in [1.165, 1.54) is 23.1 Å². The average Bonchev–Trinajstić information content (AvgIpc) is 3.55. The second kappa shape index (κ2) is 17.3. The number of esters is 1. The van der Waals surface area contributed by atoms with Gasteiger partial charge in [-0.25, -0.2) is 9.97 Å². The number of rotatable bonds is 16. The number of anilines is 1. The molecule has 0 saturated carbocycles. The molecule has 0 aliphatic rings. The summed E-state index contributed by atoms with van der Waals surface area (Å²) in [6, 6.07) is 17.8. The van der Waals surface area contributed by atoms with Gasteiger partial charge in [0.1, 0.15) is 58.6 Å². The first-order valence-corrected chi connectivity index (χ1v) is 16.6. The second-order valence-corrected chi connectivity index (χ2v) is 12.2. The third-order valence-electron chi connectivity index (χ3n) is 6.65. The molecule has 1 amide bonds. The highest BCUT2D eigenvalue weighted by Crippen LogP contribution is 2.37. The van der Waals surface area contributed by atoms with Crippen LogP contribution in [0.5, 0.6) is 5.75 Å². The van der Waals surface area contributed by atoms with Crippen molar-refractivity contribution in [3.8, 4) is 39.6 Å². The highest BCUT2D eigenvalue weighted by Gasteiger charge is 2.22. The number of nitrogens with zero attached hydrogens (tertiary/aromatic N) is 4. The predicted molar refractivity (Wildman–Crippen MR) is 181 cm³/mol. The number of amides is 1. The molecule has 2 heterocycles. The van der Waals surface area contributed by atoms with Crippen molar-refractivity contribution in [2.45, 2.75) is 29.7 Å². The van der Waals surface area contributed by atoms with E-state index in [9.17, 15) is 20.1 Å². The number of ether oxygens (including phenoxy) is 2. The van der Waals surface area contributed by atoms with Crippen molar-refractivity contribution in [3.63, 3.8) is 0 Å². The molecule has 12 nitrogen and oxygen atoms in total. The number of carbonyl (C=O) groups is 2. The smallest absolute Gasteiger partial charge is 0.323 e. The van der Waals surface area contributed by atoms with Crippen LogP contribution in [0.1, 0.15) is 29.7 Å². The molecule has 47 heavy (non-hydrogen) atoms. The molecule has 0 unspecified atom stereocenters. The molecule has 0 spiro atoms. The number of nitrogen functional groups attached to an aromatic ring is 1. The average molecular weight is 691 g/mol. The maximum Gasteiger partial charge on any atom is 0.323 e. The van der Waals surface area contributed by atoms with Crippen LogP contribution < -0.4 is 27.3 Å². The Bertz CT molecular complexity index is 1790. The van der Waals surface area contributed by atoms with Crippen molar-refractivity contribution in [1.82, 2.24) is 15.3 Å². The van der Waals surface area contributed by atoms with Gasteiger partial charge < -0.3 is 32.0 Å². The maximum atomic E-state index is 12.4. The number of halogens is 1. The molecule has 1 atom stereocenters. The van der Waals surface area contributed by atoms with Gasteiger partial charge in [-0.1, -0.05) is 47.6 Å². The number of hydrogen-bond donors (Lipinski definition) is 4. The van der Waals surface area contributed by atoms with E-state index >= 15 is 0 Å². The van der Waals surface area contributed by atoms with Crippen LogP contribution in [-0.2, 0) is 20.1 Å². The van der Waals surface area contributed by atoms with Gasteiger partial charge in [-0.2, -0.15) is 10.5 Å². The van der Waals surface area contributed by atoms with E-state index in [0.29, 0.717) is 45.8 Å². The van der Waals surface area contributed by atoms with E-state index in [2.05, 4.69) is 22.4 Å². The Morgan fingerprint density at radius 3 is 2.38 bits per heavy atom. The highest BCUT2D eigenvalue weighted by molar-refractivity contribution is 7.98. The molecule has 2 aromatic carbocycles. The number of nitriles is 2. The molecule has 7 N–H and O–H groups in total. The molecule has 0 fully saturated rings. The number of nitrogens with one attached hydrogen (secondary N) is 1. The number of primary amides is 1. The Labute approximate surface area is 284 Å². The fourth-order valence-electron chi connectivity index (χ4n) is 4.40. The van der Waals surface area contributed by atoms with Crippen molar-refractivity contribution in [1.29, 1.82) is 10.5 Å². The van der Waals surface area contributed by atoms with Gasteiger partial charge >= 0.3 is 5.97 Å². The van der Waals surface area contributed by atoms with Crippen LogP contribution in [-0.4, -0.2) is 54.2 Å². The third-order valence-corrected chi connectivity index (χ3v) is 8.85. The zero-order valence-corrected chi connectivity index (χ0v) is 27.5. The summed E-state index contributed by atoms with van der Waals surface area (Å²) < 4.78 is 11.0. The van der Waals surface area contributed by atoms with Crippen LogP contribution in [0.4, 0.5) is 5.82 Å². The van der Waals surface area contributed by atoms with Crippen molar-refractivity contribution < 1.29 is 19.1 Å². The minimum atomic E-state index is -0.710. The van der Waals surface area contributed by atoms with Crippen molar-refractivity contribution in [2.24, 2.45) is 11.5 Å². The number of carbonyl (C=O) groups excluding carboxylic acids is 2. The topological polar surface area (TPSA) is 216 Å². The molecule has 0 aliphatic heterocycles. The lowest BCUT2D eigenvalue weighted by Crippen LogP contribution is -2.41. The summed E-state index contributed by atoms with van der Waals surface area (Å²) in [6.45, 7) is 0.730. The fourth-order valence-corrected chi connectivity index (χ4v) is 6.34. The molecular formula is C32H31ClN8O4S2. The molecule has 0 saturated heterocycles. The first kappa shape index (κ1) is 35.2. The van der Waals surface area contributed by atoms with Gasteiger partial charge in [-0.3, -0.25) is 9.59 Å².